The summed E-state index contributed by atoms with van der Waals surface area (Å²) < 4.78 is 74.1. The van der Waals surface area contributed by atoms with Gasteiger partial charge in [-0.2, -0.15) is 0 Å². The molecule has 0 spiro atoms. The summed E-state index contributed by atoms with van der Waals surface area (Å²) >= 11 is 2.90. The minimum Gasteiger partial charge on any atom is -0.491 e. The third-order valence-electron chi connectivity index (χ3n) is 2.36. The Kier molecular flexibility index (Phi) is 4.67. The number of methoxy groups -OCH3 is 1. The Labute approximate surface area is 126 Å². The molecular weight excluding hydrogens is 385 g/mol. The van der Waals surface area contributed by atoms with Crippen LogP contribution in [-0.2, 0) is 4.74 Å². The fraction of sp³-hybridized carbons (Fsp3) is 0.364. The average molecular weight is 398 g/mol. The Bertz CT molecular complexity index is 549. The second-order valence-electron chi connectivity index (χ2n) is 4.12. The van der Waals surface area contributed by atoms with E-state index in [1.54, 1.807) is 0 Å². The summed E-state index contributed by atoms with van der Waals surface area (Å²) in [5.74, 6) is -0.390. The van der Waals surface area contributed by atoms with E-state index < -0.39 is 20.9 Å². The van der Waals surface area contributed by atoms with Crippen molar-refractivity contribution in [2.24, 2.45) is 0 Å². The molecule has 21 heavy (non-hydrogen) atoms. The Balaban J connectivity index is 3.32. The van der Waals surface area contributed by atoms with E-state index in [9.17, 15) is 19.4 Å². The summed E-state index contributed by atoms with van der Waals surface area (Å²) in [6, 6.07) is 1.60. The van der Waals surface area contributed by atoms with Crippen LogP contribution in [0.15, 0.2) is 23.1 Å². The van der Waals surface area contributed by atoms with Crippen LogP contribution in [0.2, 0.25) is 0 Å². The van der Waals surface area contributed by atoms with Crippen LogP contribution >= 0.6 is 26.2 Å². The number of alkyl halides is 1. The molecule has 1 rings (SSSR count). The Morgan fingerprint density at radius 1 is 1.14 bits per heavy atom. The first-order valence-corrected chi connectivity index (χ1v) is 8.59. The maximum absolute atomic E-state index is 12.9. The number of hydrogen-bond donors (Lipinski definition) is 1. The van der Waals surface area contributed by atoms with E-state index in [2.05, 4.69) is 20.7 Å². The van der Waals surface area contributed by atoms with E-state index >= 15 is 0 Å². The molecule has 0 fully saturated rings. The fourth-order valence-electron chi connectivity index (χ4n) is 1.37. The summed E-state index contributed by atoms with van der Waals surface area (Å²) in [4.78, 5) is -2.08. The molecule has 0 aliphatic heterocycles. The molecule has 3 nitrogen and oxygen atoms in total. The largest absolute Gasteiger partial charge is 0.491 e. The van der Waals surface area contributed by atoms with Crippen LogP contribution in [0.5, 0.6) is 5.75 Å². The van der Waals surface area contributed by atoms with Crippen molar-refractivity contribution in [3.8, 4) is 5.75 Å². The summed E-state index contributed by atoms with van der Waals surface area (Å²) in [5.41, 5.74) is -0.555. The molecule has 0 heterocycles. The van der Waals surface area contributed by atoms with Gasteiger partial charge < -0.3 is 14.9 Å². The molecule has 10 heteroatoms. The molecule has 0 atom stereocenters. The van der Waals surface area contributed by atoms with Gasteiger partial charge in [0.15, 0.2) is 0 Å². The first-order chi connectivity index (χ1) is 9.37. The topological polar surface area (TPSA) is 42.3 Å². The van der Waals surface area contributed by atoms with Crippen LogP contribution in [0, 0.1) is 5.41 Å². The smallest absolute Gasteiger partial charge is 0.310 e. The second-order valence-corrected chi connectivity index (χ2v) is 7.09. The van der Waals surface area contributed by atoms with Gasteiger partial charge in [0, 0.05) is 29.8 Å². The average Bonchev–Trinajstić information content (AvgIpc) is 2.35. The Morgan fingerprint density at radius 3 is 2.24 bits per heavy atom. The van der Waals surface area contributed by atoms with E-state index in [0.29, 0.717) is 0 Å². The Hall–Kier alpha value is -0.870. The fourth-order valence-corrected chi connectivity index (χ4v) is 2.38. The highest BCUT2D eigenvalue weighted by molar-refractivity contribution is 9.09. The first kappa shape index (κ1) is 18.2. The summed E-state index contributed by atoms with van der Waals surface area (Å²) in [5, 5.41) is 7.42. The minimum atomic E-state index is -9.84. The van der Waals surface area contributed by atoms with Crippen LogP contribution in [0.25, 0.3) is 0 Å². The zero-order valence-corrected chi connectivity index (χ0v) is 13.2. The highest BCUT2D eigenvalue weighted by Gasteiger charge is 2.65. The zero-order valence-electron chi connectivity index (χ0n) is 10.8. The monoisotopic (exact) mass is 397 g/mol. The van der Waals surface area contributed by atoms with Crippen LogP contribution < -0.4 is 4.74 Å². The van der Waals surface area contributed by atoms with Crippen LogP contribution in [0.3, 0.4) is 0 Å². The Morgan fingerprint density at radius 2 is 1.76 bits per heavy atom. The lowest BCUT2D eigenvalue weighted by Gasteiger charge is -2.40. The van der Waals surface area contributed by atoms with Gasteiger partial charge in [0.1, 0.15) is 17.3 Å². The second kappa shape index (κ2) is 5.40. The third kappa shape index (κ3) is 5.44. The van der Waals surface area contributed by atoms with Gasteiger partial charge in [-0.3, -0.25) is 0 Å². The van der Waals surface area contributed by atoms with Gasteiger partial charge >= 0.3 is 10.2 Å². The number of ether oxygens (including phenoxy) is 2. The standard InChI is InChI=1S/C11H13BrF5NO2S/c1-19-2-3-20-9-4-8(11(18)7-12)5-10(6-9)21(13,14,15,16)17/h4-6,18H,2-3,7H2,1H3. The SMILES string of the molecule is COCCOc1cc(C(=N)CBr)cc(S(F)(F)(F)(F)F)c1. The molecule has 0 aliphatic carbocycles. The molecule has 0 amide bonds. The maximum Gasteiger partial charge on any atom is 0.310 e. The lowest BCUT2D eigenvalue weighted by atomic mass is 10.1. The molecule has 0 aliphatic rings. The van der Waals surface area contributed by atoms with Crippen molar-refractivity contribution >= 4 is 31.9 Å². The van der Waals surface area contributed by atoms with Crippen molar-refractivity contribution < 1.29 is 28.9 Å². The van der Waals surface area contributed by atoms with Gasteiger partial charge in [0.05, 0.1) is 6.61 Å². The molecule has 122 valence electrons. The van der Waals surface area contributed by atoms with Crippen molar-refractivity contribution in [1.82, 2.24) is 0 Å². The van der Waals surface area contributed by atoms with Crippen LogP contribution in [-0.4, -0.2) is 31.4 Å². The highest BCUT2D eigenvalue weighted by atomic mass is 79.9. The summed E-state index contributed by atoms with van der Waals surface area (Å²) in [7, 11) is -8.48. The van der Waals surface area contributed by atoms with Gasteiger partial charge in [0.2, 0.25) is 0 Å². The van der Waals surface area contributed by atoms with E-state index in [4.69, 9.17) is 10.1 Å². The summed E-state index contributed by atoms with van der Waals surface area (Å²) in [6.45, 7) is -0.00673. The molecule has 1 N–H and O–H groups in total. The van der Waals surface area contributed by atoms with E-state index in [1.165, 1.54) is 7.11 Å². The highest BCUT2D eigenvalue weighted by Crippen LogP contribution is 3.02. The summed E-state index contributed by atoms with van der Waals surface area (Å²) in [6.07, 6.45) is 0. The molecule has 0 aromatic heterocycles. The molecular formula is C11H13BrF5NO2S. The van der Waals surface area contributed by atoms with Crippen molar-refractivity contribution in [3.05, 3.63) is 23.8 Å². The molecule has 1 aromatic rings. The molecule has 0 saturated heterocycles. The quantitative estimate of drug-likeness (QED) is 0.300. The molecule has 0 bridgehead atoms. The van der Waals surface area contributed by atoms with Crippen LogP contribution in [0.1, 0.15) is 5.56 Å². The molecule has 1 aromatic carbocycles. The number of hydrogen-bond acceptors (Lipinski definition) is 3. The van der Waals surface area contributed by atoms with E-state index in [0.717, 1.165) is 6.07 Å². The lowest BCUT2D eigenvalue weighted by molar-refractivity contribution is 0.146. The molecule has 0 radical (unpaired) electrons. The number of halogens is 6. The maximum atomic E-state index is 12.9. The number of nitrogens with one attached hydrogen (secondary N) is 1. The normalized spacial score (nSPS) is 15.2. The van der Waals surface area contributed by atoms with E-state index in [-0.39, 0.29) is 42.0 Å². The minimum absolute atomic E-state index is 0.0751. The predicted molar refractivity (Wildman–Crippen MR) is 75.8 cm³/mol. The van der Waals surface area contributed by atoms with Crippen molar-refractivity contribution in [1.29, 1.82) is 5.41 Å². The van der Waals surface area contributed by atoms with Crippen molar-refractivity contribution in [2.45, 2.75) is 4.90 Å². The third-order valence-corrected chi connectivity index (χ3v) is 4.05. The van der Waals surface area contributed by atoms with Gasteiger partial charge in [-0.25, -0.2) is 0 Å². The molecule has 0 unspecified atom stereocenters. The zero-order chi connectivity index (χ0) is 16.4. The number of benzene rings is 1. The number of rotatable bonds is 7. The predicted octanol–water partition coefficient (Wildman–Crippen LogP) is 5.13. The van der Waals surface area contributed by atoms with E-state index in [1.807, 2.05) is 0 Å². The van der Waals surface area contributed by atoms with Crippen LogP contribution in [0.4, 0.5) is 19.4 Å². The van der Waals surface area contributed by atoms with Crippen molar-refractivity contribution in [2.75, 3.05) is 25.7 Å². The molecule has 0 saturated carbocycles. The van der Waals surface area contributed by atoms with Gasteiger partial charge in [-0.15, -0.1) is 0 Å². The van der Waals surface area contributed by atoms with Crippen molar-refractivity contribution in [3.63, 3.8) is 0 Å². The van der Waals surface area contributed by atoms with Gasteiger partial charge in [-0.05, 0) is 12.1 Å². The lowest BCUT2D eigenvalue weighted by Crippen LogP contribution is -2.11. The van der Waals surface area contributed by atoms with Gasteiger partial charge in [-0.1, -0.05) is 35.4 Å². The first-order valence-electron chi connectivity index (χ1n) is 5.52. The van der Waals surface area contributed by atoms with Gasteiger partial charge in [0.25, 0.3) is 0 Å².